The van der Waals surface area contributed by atoms with Crippen molar-refractivity contribution in [2.45, 2.75) is 32.7 Å². The highest BCUT2D eigenvalue weighted by molar-refractivity contribution is 5.79. The van der Waals surface area contributed by atoms with Crippen molar-refractivity contribution >= 4 is 5.96 Å². The minimum atomic E-state index is -4.18. The molecule has 7 heteroatoms. The van der Waals surface area contributed by atoms with Crippen molar-refractivity contribution in [3.05, 3.63) is 65.7 Å². The second-order valence-electron chi connectivity index (χ2n) is 5.91. The third-order valence-electron chi connectivity index (χ3n) is 3.60. The van der Waals surface area contributed by atoms with E-state index in [-0.39, 0.29) is 6.54 Å². The highest BCUT2D eigenvalue weighted by atomic mass is 19.4. The summed E-state index contributed by atoms with van der Waals surface area (Å²) in [4.78, 5) is 4.35. The molecule has 0 saturated carbocycles. The topological polar surface area (TPSA) is 45.7 Å². The fraction of sp³-hybridized carbons (Fsp3) is 0.350. The van der Waals surface area contributed by atoms with E-state index in [1.807, 2.05) is 61.5 Å². The number of alkyl halides is 3. The van der Waals surface area contributed by atoms with Gasteiger partial charge in [-0.15, -0.1) is 0 Å². The van der Waals surface area contributed by atoms with Crippen molar-refractivity contribution in [3.8, 4) is 5.75 Å². The molecule has 0 spiro atoms. The van der Waals surface area contributed by atoms with Gasteiger partial charge in [-0.05, 0) is 30.2 Å². The molecule has 0 fully saturated rings. The quantitative estimate of drug-likeness (QED) is 0.532. The number of guanidine groups is 1. The van der Waals surface area contributed by atoms with E-state index in [2.05, 4.69) is 15.6 Å². The first kappa shape index (κ1) is 20.6. The molecule has 146 valence electrons. The van der Waals surface area contributed by atoms with E-state index in [1.54, 1.807) is 0 Å². The molecule has 0 aromatic heterocycles. The van der Waals surface area contributed by atoms with Crippen molar-refractivity contribution < 1.29 is 17.9 Å². The van der Waals surface area contributed by atoms with Crippen LogP contribution in [0.15, 0.2) is 59.6 Å². The van der Waals surface area contributed by atoms with Crippen molar-refractivity contribution in [2.24, 2.45) is 4.99 Å². The summed E-state index contributed by atoms with van der Waals surface area (Å²) in [6.07, 6.45) is -5.08. The minimum Gasteiger partial charge on any atom is -0.489 e. The predicted octanol–water partition coefficient (Wildman–Crippen LogP) is 4.27. The zero-order valence-corrected chi connectivity index (χ0v) is 15.2. The first-order valence-corrected chi connectivity index (χ1v) is 8.81. The maximum absolute atomic E-state index is 12.3. The average molecular weight is 379 g/mol. The zero-order valence-electron chi connectivity index (χ0n) is 15.2. The van der Waals surface area contributed by atoms with E-state index in [1.165, 1.54) is 0 Å². The van der Waals surface area contributed by atoms with Gasteiger partial charge in [0, 0.05) is 13.1 Å². The van der Waals surface area contributed by atoms with Gasteiger partial charge in [0.15, 0.2) is 5.96 Å². The standard InChI is InChI=1S/C20H24F3N3O/c1-2-24-19(25-12-11-20(21,22)23)26-14-16-7-6-8-17(13-16)15-27-18-9-4-3-5-10-18/h3-10,13H,2,11-12,14-15H2,1H3,(H2,24,25,26). The SMILES string of the molecule is CCNC(=NCc1cccc(COc2ccccc2)c1)NCCC(F)(F)F. The number of nitrogens with one attached hydrogen (secondary N) is 2. The molecule has 0 saturated heterocycles. The summed E-state index contributed by atoms with van der Waals surface area (Å²) < 4.78 is 42.5. The summed E-state index contributed by atoms with van der Waals surface area (Å²) in [5, 5.41) is 5.65. The molecule has 0 unspecified atom stereocenters. The number of benzene rings is 2. The molecule has 2 N–H and O–H groups in total. The Morgan fingerprint density at radius 3 is 2.44 bits per heavy atom. The van der Waals surface area contributed by atoms with Crippen LogP contribution in [0, 0.1) is 0 Å². The van der Waals surface area contributed by atoms with Gasteiger partial charge < -0.3 is 15.4 Å². The van der Waals surface area contributed by atoms with Gasteiger partial charge in [0.1, 0.15) is 12.4 Å². The Kier molecular flexibility index (Phi) is 7.98. The van der Waals surface area contributed by atoms with E-state index < -0.39 is 12.6 Å². The van der Waals surface area contributed by atoms with Crippen LogP contribution in [0.2, 0.25) is 0 Å². The monoisotopic (exact) mass is 379 g/mol. The van der Waals surface area contributed by atoms with Gasteiger partial charge in [-0.2, -0.15) is 13.2 Å². The van der Waals surface area contributed by atoms with Gasteiger partial charge in [0.05, 0.1) is 13.0 Å². The summed E-state index contributed by atoms with van der Waals surface area (Å²) >= 11 is 0. The normalized spacial score (nSPS) is 11.9. The fourth-order valence-corrected chi connectivity index (χ4v) is 2.34. The third kappa shape index (κ3) is 8.48. The van der Waals surface area contributed by atoms with Crippen LogP contribution in [0.4, 0.5) is 13.2 Å². The smallest absolute Gasteiger partial charge is 0.390 e. The molecule has 27 heavy (non-hydrogen) atoms. The van der Waals surface area contributed by atoms with E-state index >= 15 is 0 Å². The Morgan fingerprint density at radius 2 is 1.74 bits per heavy atom. The van der Waals surface area contributed by atoms with Crippen LogP contribution in [-0.2, 0) is 13.2 Å². The van der Waals surface area contributed by atoms with Gasteiger partial charge >= 0.3 is 6.18 Å². The molecular formula is C20H24F3N3O. The predicted molar refractivity (Wildman–Crippen MR) is 101 cm³/mol. The van der Waals surface area contributed by atoms with Crippen molar-refractivity contribution in [3.63, 3.8) is 0 Å². The van der Waals surface area contributed by atoms with Crippen LogP contribution >= 0.6 is 0 Å². The van der Waals surface area contributed by atoms with Gasteiger partial charge in [-0.25, -0.2) is 4.99 Å². The molecule has 2 rings (SSSR count). The van der Waals surface area contributed by atoms with Gasteiger partial charge in [0.25, 0.3) is 0 Å². The number of halogens is 3. The van der Waals surface area contributed by atoms with Crippen LogP contribution in [0.3, 0.4) is 0 Å². The average Bonchev–Trinajstić information content (AvgIpc) is 2.65. The van der Waals surface area contributed by atoms with Gasteiger partial charge in [-0.1, -0.05) is 42.5 Å². The van der Waals surface area contributed by atoms with Crippen molar-refractivity contribution in [2.75, 3.05) is 13.1 Å². The van der Waals surface area contributed by atoms with Crippen LogP contribution in [0.25, 0.3) is 0 Å². The van der Waals surface area contributed by atoms with E-state index in [9.17, 15) is 13.2 Å². The number of nitrogens with zero attached hydrogens (tertiary/aromatic N) is 1. The first-order valence-electron chi connectivity index (χ1n) is 8.81. The second kappa shape index (κ2) is 10.4. The number of para-hydroxylation sites is 1. The molecule has 2 aromatic carbocycles. The molecule has 0 aliphatic heterocycles. The third-order valence-corrected chi connectivity index (χ3v) is 3.60. The first-order chi connectivity index (χ1) is 13.0. The van der Waals surface area contributed by atoms with Crippen molar-refractivity contribution in [1.82, 2.24) is 10.6 Å². The maximum Gasteiger partial charge on any atom is 0.390 e. The minimum absolute atomic E-state index is 0.208. The Labute approximate surface area is 157 Å². The lowest BCUT2D eigenvalue weighted by atomic mass is 10.1. The molecule has 4 nitrogen and oxygen atoms in total. The second-order valence-corrected chi connectivity index (χ2v) is 5.91. The molecule has 0 heterocycles. The number of aliphatic imine (C=N–C) groups is 1. The van der Waals surface area contributed by atoms with E-state index in [4.69, 9.17) is 4.74 Å². The fourth-order valence-electron chi connectivity index (χ4n) is 2.34. The molecule has 0 amide bonds. The van der Waals surface area contributed by atoms with E-state index in [0.29, 0.717) is 25.7 Å². The Morgan fingerprint density at radius 1 is 1.00 bits per heavy atom. The lowest BCUT2D eigenvalue weighted by molar-refractivity contribution is -0.132. The largest absolute Gasteiger partial charge is 0.489 e. The molecule has 0 aliphatic rings. The van der Waals surface area contributed by atoms with Crippen molar-refractivity contribution in [1.29, 1.82) is 0 Å². The molecular weight excluding hydrogens is 355 g/mol. The number of ether oxygens (including phenoxy) is 1. The zero-order chi connectivity index (χ0) is 19.5. The number of rotatable bonds is 8. The molecule has 0 aliphatic carbocycles. The number of hydrogen-bond donors (Lipinski definition) is 2. The number of hydrogen-bond acceptors (Lipinski definition) is 2. The molecule has 0 bridgehead atoms. The summed E-state index contributed by atoms with van der Waals surface area (Å²) in [6, 6.07) is 17.3. The summed E-state index contributed by atoms with van der Waals surface area (Å²) in [7, 11) is 0. The molecule has 0 radical (unpaired) electrons. The summed E-state index contributed by atoms with van der Waals surface area (Å²) in [5.74, 6) is 1.16. The Balaban J connectivity index is 1.91. The lowest BCUT2D eigenvalue weighted by Gasteiger charge is -2.12. The van der Waals surface area contributed by atoms with E-state index in [0.717, 1.165) is 16.9 Å². The van der Waals surface area contributed by atoms with Crippen LogP contribution in [0.1, 0.15) is 24.5 Å². The molecule has 0 atom stereocenters. The van der Waals surface area contributed by atoms with Crippen LogP contribution in [0.5, 0.6) is 5.75 Å². The Hall–Kier alpha value is -2.70. The van der Waals surface area contributed by atoms with Gasteiger partial charge in [-0.3, -0.25) is 0 Å². The van der Waals surface area contributed by atoms with Gasteiger partial charge in [0.2, 0.25) is 0 Å². The maximum atomic E-state index is 12.3. The summed E-state index contributed by atoms with van der Waals surface area (Å²) in [6.45, 7) is 3.03. The van der Waals surface area contributed by atoms with Crippen LogP contribution < -0.4 is 15.4 Å². The molecule has 2 aromatic rings. The van der Waals surface area contributed by atoms with Crippen LogP contribution in [-0.4, -0.2) is 25.2 Å². The Bertz CT molecular complexity index is 718. The lowest BCUT2D eigenvalue weighted by Crippen LogP contribution is -2.38. The highest BCUT2D eigenvalue weighted by Gasteiger charge is 2.26. The highest BCUT2D eigenvalue weighted by Crippen LogP contribution is 2.18. The summed E-state index contributed by atoms with van der Waals surface area (Å²) in [5.41, 5.74) is 1.96.